The lowest BCUT2D eigenvalue weighted by molar-refractivity contribution is 0.183. The number of hydrogen-bond donors (Lipinski definition) is 1. The molecule has 2 heterocycles. The van der Waals surface area contributed by atoms with E-state index in [1.165, 1.54) is 37.9 Å². The summed E-state index contributed by atoms with van der Waals surface area (Å²) < 4.78 is 10.5. The van der Waals surface area contributed by atoms with Crippen LogP contribution < -0.4 is 10.1 Å². The molecule has 0 bridgehead atoms. The van der Waals surface area contributed by atoms with Crippen molar-refractivity contribution in [2.75, 3.05) is 38.6 Å². The maximum Gasteiger partial charge on any atom is 0.321 e. The minimum atomic E-state index is 0.474. The summed E-state index contributed by atoms with van der Waals surface area (Å²) in [5.41, 5.74) is 2.37. The summed E-state index contributed by atoms with van der Waals surface area (Å²) >= 11 is 0. The van der Waals surface area contributed by atoms with Crippen LogP contribution in [0, 0.1) is 5.92 Å². The highest BCUT2D eigenvalue weighted by molar-refractivity contribution is 5.56. The molecular weight excluding hydrogens is 376 g/mol. The van der Waals surface area contributed by atoms with Gasteiger partial charge in [-0.25, -0.2) is 0 Å². The fraction of sp³-hybridized carbons (Fsp3) is 0.417. The molecule has 0 unspecified atom stereocenters. The van der Waals surface area contributed by atoms with E-state index in [9.17, 15) is 0 Å². The third kappa shape index (κ3) is 5.60. The molecule has 1 saturated heterocycles. The molecule has 0 spiro atoms. The van der Waals surface area contributed by atoms with Crippen LogP contribution in [0.3, 0.4) is 0 Å². The molecule has 1 aromatic heterocycles. The van der Waals surface area contributed by atoms with Crippen molar-refractivity contribution in [3.63, 3.8) is 0 Å². The topological polar surface area (TPSA) is 63.4 Å². The number of nitrogens with one attached hydrogen (secondary N) is 1. The molecule has 1 aliphatic heterocycles. The summed E-state index contributed by atoms with van der Waals surface area (Å²) in [6, 6.07) is 19.0. The molecule has 0 aliphatic carbocycles. The van der Waals surface area contributed by atoms with Crippen LogP contribution in [0.1, 0.15) is 24.8 Å². The molecular formula is C24H30N4O2. The van der Waals surface area contributed by atoms with Crippen molar-refractivity contribution < 1.29 is 9.26 Å². The van der Waals surface area contributed by atoms with E-state index in [0.29, 0.717) is 11.8 Å². The van der Waals surface area contributed by atoms with Gasteiger partial charge in [0, 0.05) is 12.1 Å². The van der Waals surface area contributed by atoms with Gasteiger partial charge in [-0.2, -0.15) is 4.98 Å². The zero-order valence-electron chi connectivity index (χ0n) is 17.6. The molecule has 0 atom stereocenters. The molecule has 1 N–H and O–H groups in total. The second-order valence-electron chi connectivity index (χ2n) is 7.91. The average Bonchev–Trinajstić information content (AvgIpc) is 3.27. The molecule has 6 heteroatoms. The first kappa shape index (κ1) is 20.4. The van der Waals surface area contributed by atoms with Crippen molar-refractivity contribution in [2.45, 2.75) is 25.7 Å². The lowest BCUT2D eigenvalue weighted by Crippen LogP contribution is -2.35. The lowest BCUT2D eigenvalue weighted by Gasteiger charge is -2.32. The second-order valence-corrected chi connectivity index (χ2v) is 7.91. The van der Waals surface area contributed by atoms with Crippen LogP contribution in [-0.2, 0) is 6.42 Å². The minimum Gasteiger partial charge on any atom is -0.497 e. The van der Waals surface area contributed by atoms with Gasteiger partial charge in [0.15, 0.2) is 0 Å². The van der Waals surface area contributed by atoms with Gasteiger partial charge in [0.25, 0.3) is 0 Å². The summed E-state index contributed by atoms with van der Waals surface area (Å²) in [6.07, 6.45) is 4.85. The number of rotatable bonds is 9. The number of likely N-dealkylation sites (tertiary alicyclic amines) is 1. The summed E-state index contributed by atoms with van der Waals surface area (Å²) in [6.45, 7) is 4.32. The number of anilines is 1. The fourth-order valence-electron chi connectivity index (χ4n) is 4.01. The summed E-state index contributed by atoms with van der Waals surface area (Å²) in [4.78, 5) is 7.00. The van der Waals surface area contributed by atoms with Crippen LogP contribution in [0.5, 0.6) is 5.75 Å². The molecule has 1 fully saturated rings. The summed E-state index contributed by atoms with van der Waals surface area (Å²) in [7, 11) is 1.65. The number of benzene rings is 2. The average molecular weight is 407 g/mol. The summed E-state index contributed by atoms with van der Waals surface area (Å²) in [5.74, 6) is 2.21. The number of piperidine rings is 1. The van der Waals surface area contributed by atoms with Crippen LogP contribution in [0.25, 0.3) is 11.4 Å². The molecule has 158 valence electrons. The van der Waals surface area contributed by atoms with Crippen LogP contribution in [0.15, 0.2) is 59.1 Å². The monoisotopic (exact) mass is 406 g/mol. The van der Waals surface area contributed by atoms with Gasteiger partial charge in [0.05, 0.1) is 7.11 Å². The Balaban J connectivity index is 1.14. The number of ether oxygens (including phenoxy) is 1. The highest BCUT2D eigenvalue weighted by Gasteiger charge is 2.19. The van der Waals surface area contributed by atoms with Crippen molar-refractivity contribution in [3.05, 3.63) is 60.2 Å². The Bertz CT molecular complexity index is 887. The van der Waals surface area contributed by atoms with Crippen LogP contribution in [0.2, 0.25) is 0 Å². The third-order valence-electron chi connectivity index (χ3n) is 5.78. The molecule has 6 nitrogen and oxygen atoms in total. The van der Waals surface area contributed by atoms with E-state index < -0.39 is 0 Å². The Morgan fingerprint density at radius 2 is 1.83 bits per heavy atom. The van der Waals surface area contributed by atoms with Crippen LogP contribution in [0.4, 0.5) is 6.01 Å². The first-order chi connectivity index (χ1) is 14.8. The molecule has 4 rings (SSSR count). The van der Waals surface area contributed by atoms with Gasteiger partial charge in [0.2, 0.25) is 5.82 Å². The molecule has 3 aromatic rings. The molecule has 30 heavy (non-hydrogen) atoms. The van der Waals surface area contributed by atoms with Crippen molar-refractivity contribution in [3.8, 4) is 17.1 Å². The normalized spacial score (nSPS) is 15.2. The minimum absolute atomic E-state index is 0.474. The van der Waals surface area contributed by atoms with Crippen LogP contribution >= 0.6 is 0 Å². The van der Waals surface area contributed by atoms with Gasteiger partial charge < -0.3 is 19.5 Å². The Morgan fingerprint density at radius 3 is 2.57 bits per heavy atom. The standard InChI is InChI=1S/C24H30N4O2/c1-29-22-10-8-21(9-11-22)23-26-24(30-27-23)25-14-5-15-28-16-12-20(13-17-28)18-19-6-3-2-4-7-19/h2-4,6-11,20H,5,12-18H2,1H3,(H,25,26,27). The van der Waals surface area contributed by atoms with Crippen molar-refractivity contribution in [1.82, 2.24) is 15.0 Å². The van der Waals surface area contributed by atoms with E-state index >= 15 is 0 Å². The van der Waals surface area contributed by atoms with Crippen molar-refractivity contribution >= 4 is 6.01 Å². The molecule has 2 aromatic carbocycles. The maximum absolute atomic E-state index is 5.32. The zero-order valence-corrected chi connectivity index (χ0v) is 17.6. The Kier molecular flexibility index (Phi) is 6.98. The smallest absolute Gasteiger partial charge is 0.321 e. The van der Waals surface area contributed by atoms with E-state index in [1.54, 1.807) is 7.11 Å². The number of aromatic nitrogens is 2. The second kappa shape index (κ2) is 10.3. The third-order valence-corrected chi connectivity index (χ3v) is 5.78. The van der Waals surface area contributed by atoms with E-state index in [4.69, 9.17) is 9.26 Å². The highest BCUT2D eigenvalue weighted by atomic mass is 16.5. The van der Waals surface area contributed by atoms with Gasteiger partial charge >= 0.3 is 6.01 Å². The van der Waals surface area contributed by atoms with Crippen molar-refractivity contribution in [2.24, 2.45) is 5.92 Å². The van der Waals surface area contributed by atoms with Crippen LogP contribution in [-0.4, -0.2) is 48.3 Å². The molecule has 0 radical (unpaired) electrons. The number of nitrogens with zero attached hydrogens (tertiary/aromatic N) is 3. The zero-order chi connectivity index (χ0) is 20.6. The first-order valence-electron chi connectivity index (χ1n) is 10.8. The van der Waals surface area contributed by atoms with E-state index in [2.05, 4.69) is 50.7 Å². The van der Waals surface area contributed by atoms with E-state index in [-0.39, 0.29) is 0 Å². The van der Waals surface area contributed by atoms with E-state index in [0.717, 1.165) is 36.7 Å². The van der Waals surface area contributed by atoms with Gasteiger partial charge in [-0.05, 0) is 81.1 Å². The Morgan fingerprint density at radius 1 is 1.07 bits per heavy atom. The Labute approximate surface area is 178 Å². The molecule has 0 saturated carbocycles. The maximum atomic E-state index is 5.32. The predicted octanol–water partition coefficient (Wildman–Crippen LogP) is 4.50. The molecule has 1 aliphatic rings. The highest BCUT2D eigenvalue weighted by Crippen LogP contribution is 2.22. The van der Waals surface area contributed by atoms with Gasteiger partial charge in [0.1, 0.15) is 5.75 Å². The molecule has 0 amide bonds. The largest absolute Gasteiger partial charge is 0.497 e. The Hall–Kier alpha value is -2.86. The summed E-state index contributed by atoms with van der Waals surface area (Å²) in [5, 5.41) is 7.30. The van der Waals surface area contributed by atoms with Gasteiger partial charge in [-0.3, -0.25) is 0 Å². The van der Waals surface area contributed by atoms with Crippen molar-refractivity contribution in [1.29, 1.82) is 0 Å². The SMILES string of the molecule is COc1ccc(-c2noc(NCCCN3CCC(Cc4ccccc4)CC3)n2)cc1. The number of hydrogen-bond acceptors (Lipinski definition) is 6. The quantitative estimate of drug-likeness (QED) is 0.528. The predicted molar refractivity (Wildman–Crippen MR) is 119 cm³/mol. The number of methoxy groups -OCH3 is 1. The van der Waals surface area contributed by atoms with E-state index in [1.807, 2.05) is 24.3 Å². The van der Waals surface area contributed by atoms with Gasteiger partial charge in [-0.15, -0.1) is 0 Å². The van der Waals surface area contributed by atoms with Gasteiger partial charge in [-0.1, -0.05) is 35.5 Å². The lowest BCUT2D eigenvalue weighted by atomic mass is 9.90. The first-order valence-corrected chi connectivity index (χ1v) is 10.8. The fourth-order valence-corrected chi connectivity index (χ4v) is 4.01.